The lowest BCUT2D eigenvalue weighted by atomic mass is 10.1. The number of nitrogens with zero attached hydrogens (tertiary/aromatic N) is 1. The fourth-order valence-electron chi connectivity index (χ4n) is 1.94. The molecule has 0 aliphatic carbocycles. The molecule has 0 bridgehead atoms. The molecule has 0 saturated heterocycles. The largest absolute Gasteiger partial charge is 0.378 e. The molecule has 0 amide bonds. The number of hydrogen-bond acceptors (Lipinski definition) is 3. The summed E-state index contributed by atoms with van der Waals surface area (Å²) in [5.74, 6) is 2.58. The van der Waals surface area contributed by atoms with Crippen LogP contribution in [0.15, 0.2) is 48.5 Å². The highest BCUT2D eigenvalue weighted by molar-refractivity contribution is 5.51. The van der Waals surface area contributed by atoms with Crippen LogP contribution in [0.25, 0.3) is 0 Å². The van der Waals surface area contributed by atoms with Crippen molar-refractivity contribution in [3.8, 4) is 12.3 Å². The van der Waals surface area contributed by atoms with E-state index in [0.29, 0.717) is 0 Å². The lowest BCUT2D eigenvalue weighted by molar-refractivity contribution is -0.384. The van der Waals surface area contributed by atoms with Crippen molar-refractivity contribution in [2.45, 2.75) is 13.0 Å². The molecule has 1 unspecified atom stereocenters. The Bertz CT molecular complexity index is 674. The zero-order valence-electron chi connectivity index (χ0n) is 11.0. The average Bonchev–Trinajstić information content (AvgIpc) is 2.47. The first-order chi connectivity index (χ1) is 9.60. The number of nitro groups is 1. The highest BCUT2D eigenvalue weighted by atomic mass is 16.6. The summed E-state index contributed by atoms with van der Waals surface area (Å²) in [4.78, 5) is 10.4. The first-order valence-corrected chi connectivity index (χ1v) is 6.17. The van der Waals surface area contributed by atoms with Crippen molar-refractivity contribution in [2.75, 3.05) is 5.32 Å². The van der Waals surface area contributed by atoms with Gasteiger partial charge in [0.15, 0.2) is 0 Å². The van der Waals surface area contributed by atoms with Gasteiger partial charge in [-0.2, -0.15) is 0 Å². The Morgan fingerprint density at radius 1 is 1.25 bits per heavy atom. The van der Waals surface area contributed by atoms with E-state index in [1.54, 1.807) is 12.1 Å². The molecule has 4 heteroatoms. The van der Waals surface area contributed by atoms with Gasteiger partial charge < -0.3 is 5.32 Å². The molecule has 0 spiro atoms. The van der Waals surface area contributed by atoms with Crippen molar-refractivity contribution >= 4 is 11.4 Å². The number of nitrogens with one attached hydrogen (secondary N) is 1. The Morgan fingerprint density at radius 2 is 2.00 bits per heavy atom. The van der Waals surface area contributed by atoms with Gasteiger partial charge in [0.05, 0.1) is 4.92 Å². The van der Waals surface area contributed by atoms with E-state index >= 15 is 0 Å². The molecular weight excluding hydrogens is 252 g/mol. The van der Waals surface area contributed by atoms with Crippen molar-refractivity contribution in [2.24, 2.45) is 0 Å². The molecule has 0 fully saturated rings. The lowest BCUT2D eigenvalue weighted by Gasteiger charge is -2.15. The molecule has 0 saturated carbocycles. The van der Waals surface area contributed by atoms with Gasteiger partial charge in [0, 0.05) is 29.4 Å². The third-order valence-electron chi connectivity index (χ3n) is 2.99. The molecule has 1 N–H and O–H groups in total. The van der Waals surface area contributed by atoms with E-state index in [4.69, 9.17) is 6.42 Å². The van der Waals surface area contributed by atoms with Gasteiger partial charge in [0.25, 0.3) is 5.69 Å². The molecule has 0 radical (unpaired) electrons. The summed E-state index contributed by atoms with van der Waals surface area (Å²) in [5, 5.41) is 14.1. The highest BCUT2D eigenvalue weighted by Crippen LogP contribution is 2.23. The second-order valence-corrected chi connectivity index (χ2v) is 4.44. The number of terminal acetylenes is 1. The molecule has 2 aromatic rings. The van der Waals surface area contributed by atoms with Gasteiger partial charge in [0.1, 0.15) is 0 Å². The number of non-ortho nitro benzene ring substituents is 1. The maximum Gasteiger partial charge on any atom is 0.269 e. The summed E-state index contributed by atoms with van der Waals surface area (Å²) in [7, 11) is 0. The van der Waals surface area contributed by atoms with E-state index < -0.39 is 4.92 Å². The van der Waals surface area contributed by atoms with Crippen LogP contribution >= 0.6 is 0 Å². The third-order valence-corrected chi connectivity index (χ3v) is 2.99. The number of hydrogen-bond donors (Lipinski definition) is 1. The molecule has 4 nitrogen and oxygen atoms in total. The number of nitro benzene ring substituents is 1. The van der Waals surface area contributed by atoms with Crippen LogP contribution in [0, 0.1) is 22.5 Å². The van der Waals surface area contributed by atoms with Crippen molar-refractivity contribution < 1.29 is 4.92 Å². The molecule has 0 aliphatic rings. The van der Waals surface area contributed by atoms with E-state index in [9.17, 15) is 10.1 Å². The van der Waals surface area contributed by atoms with Gasteiger partial charge in [-0.25, -0.2) is 0 Å². The van der Waals surface area contributed by atoms with Crippen molar-refractivity contribution in [3.05, 3.63) is 69.8 Å². The fraction of sp³-hybridized carbons (Fsp3) is 0.125. The maximum atomic E-state index is 10.8. The predicted molar refractivity (Wildman–Crippen MR) is 79.5 cm³/mol. The number of anilines is 1. The minimum Gasteiger partial charge on any atom is -0.378 e. The Kier molecular flexibility index (Phi) is 4.02. The standard InChI is InChI=1S/C16H14N2O2/c1-3-13-6-4-8-15(10-13)17-12(2)14-7-5-9-16(11-14)18(19)20/h1,4-12,17H,2H3. The lowest BCUT2D eigenvalue weighted by Crippen LogP contribution is -2.07. The highest BCUT2D eigenvalue weighted by Gasteiger charge is 2.10. The first-order valence-electron chi connectivity index (χ1n) is 6.17. The van der Waals surface area contributed by atoms with Gasteiger partial charge in [0.2, 0.25) is 0 Å². The molecule has 20 heavy (non-hydrogen) atoms. The Hall–Kier alpha value is -2.80. The molecule has 0 aliphatic heterocycles. The minimum absolute atomic E-state index is 0.0528. The Labute approximate surface area is 117 Å². The van der Waals surface area contributed by atoms with Crippen LogP contribution < -0.4 is 5.32 Å². The van der Waals surface area contributed by atoms with E-state index in [1.165, 1.54) is 6.07 Å². The smallest absolute Gasteiger partial charge is 0.269 e. The van der Waals surface area contributed by atoms with Crippen LogP contribution in [-0.2, 0) is 0 Å². The molecule has 100 valence electrons. The monoisotopic (exact) mass is 266 g/mol. The van der Waals surface area contributed by atoms with Crippen LogP contribution in [0.1, 0.15) is 24.1 Å². The minimum atomic E-state index is -0.394. The van der Waals surface area contributed by atoms with E-state index in [0.717, 1.165) is 16.8 Å². The SMILES string of the molecule is C#Cc1cccc(NC(C)c2cccc([N+](=O)[O-])c2)c1. The van der Waals surface area contributed by atoms with Crippen molar-refractivity contribution in [3.63, 3.8) is 0 Å². The molecule has 0 aromatic heterocycles. The van der Waals surface area contributed by atoms with Crippen LogP contribution in [0.4, 0.5) is 11.4 Å². The summed E-state index contributed by atoms with van der Waals surface area (Å²) in [5.41, 5.74) is 2.62. The Balaban J connectivity index is 2.19. The maximum absolute atomic E-state index is 10.8. The summed E-state index contributed by atoms with van der Waals surface area (Å²) in [6, 6.07) is 14.0. The summed E-state index contributed by atoms with van der Waals surface area (Å²) < 4.78 is 0. The summed E-state index contributed by atoms with van der Waals surface area (Å²) >= 11 is 0. The van der Waals surface area contributed by atoms with Crippen LogP contribution in [-0.4, -0.2) is 4.92 Å². The summed E-state index contributed by atoms with van der Waals surface area (Å²) in [6.07, 6.45) is 5.36. The van der Waals surface area contributed by atoms with Gasteiger partial charge in [-0.1, -0.05) is 24.1 Å². The van der Waals surface area contributed by atoms with Gasteiger partial charge in [-0.15, -0.1) is 6.42 Å². The zero-order chi connectivity index (χ0) is 14.5. The Morgan fingerprint density at radius 3 is 2.70 bits per heavy atom. The van der Waals surface area contributed by atoms with Crippen molar-refractivity contribution in [1.82, 2.24) is 0 Å². The van der Waals surface area contributed by atoms with Gasteiger partial charge in [-0.05, 0) is 30.7 Å². The zero-order valence-corrected chi connectivity index (χ0v) is 11.0. The summed E-state index contributed by atoms with van der Waals surface area (Å²) in [6.45, 7) is 1.95. The van der Waals surface area contributed by atoms with Crippen LogP contribution in [0.5, 0.6) is 0 Å². The van der Waals surface area contributed by atoms with E-state index in [2.05, 4.69) is 11.2 Å². The van der Waals surface area contributed by atoms with Gasteiger partial charge >= 0.3 is 0 Å². The normalized spacial score (nSPS) is 11.4. The molecule has 2 aromatic carbocycles. The van der Waals surface area contributed by atoms with Gasteiger partial charge in [-0.3, -0.25) is 10.1 Å². The average molecular weight is 266 g/mol. The molecule has 1 atom stereocenters. The van der Waals surface area contributed by atoms with E-state index in [-0.39, 0.29) is 11.7 Å². The number of rotatable bonds is 4. The van der Waals surface area contributed by atoms with E-state index in [1.807, 2.05) is 37.3 Å². The third kappa shape index (κ3) is 3.15. The predicted octanol–water partition coefficient (Wildman–Crippen LogP) is 3.75. The second-order valence-electron chi connectivity index (χ2n) is 4.44. The van der Waals surface area contributed by atoms with Crippen LogP contribution in [0.2, 0.25) is 0 Å². The van der Waals surface area contributed by atoms with Crippen molar-refractivity contribution in [1.29, 1.82) is 0 Å². The van der Waals surface area contributed by atoms with Crippen LogP contribution in [0.3, 0.4) is 0 Å². The second kappa shape index (κ2) is 5.89. The quantitative estimate of drug-likeness (QED) is 0.521. The topological polar surface area (TPSA) is 55.2 Å². The molecule has 0 heterocycles. The molecular formula is C16H14N2O2. The molecule has 2 rings (SSSR count). The number of benzene rings is 2. The first kappa shape index (κ1) is 13.6. The fourth-order valence-corrected chi connectivity index (χ4v) is 1.94.